The first-order chi connectivity index (χ1) is 7.65. The number of hydrogen-bond donors (Lipinski definition) is 2. The standard InChI is InChI=1S/C13H19ClFNO/c1-12(2,13(3,4)17)16-8-9-6-5-7-10(14)11(9)15/h5-7,16-17H,8H2,1-4H3. The van der Waals surface area contributed by atoms with Gasteiger partial charge in [-0.2, -0.15) is 0 Å². The van der Waals surface area contributed by atoms with Gasteiger partial charge in [-0.25, -0.2) is 4.39 Å². The van der Waals surface area contributed by atoms with Crippen molar-refractivity contribution in [2.24, 2.45) is 0 Å². The van der Waals surface area contributed by atoms with E-state index >= 15 is 0 Å². The molecule has 0 amide bonds. The smallest absolute Gasteiger partial charge is 0.146 e. The van der Waals surface area contributed by atoms with E-state index in [0.717, 1.165) is 0 Å². The van der Waals surface area contributed by atoms with Crippen molar-refractivity contribution in [2.45, 2.75) is 45.4 Å². The van der Waals surface area contributed by atoms with E-state index in [1.54, 1.807) is 26.0 Å². The van der Waals surface area contributed by atoms with Crippen LogP contribution in [0.25, 0.3) is 0 Å². The number of aliphatic hydroxyl groups is 1. The SMILES string of the molecule is CC(C)(O)C(C)(C)NCc1cccc(Cl)c1F. The van der Waals surface area contributed by atoms with Crippen LogP contribution in [-0.2, 0) is 6.54 Å². The van der Waals surface area contributed by atoms with Crippen LogP contribution in [0.1, 0.15) is 33.3 Å². The van der Waals surface area contributed by atoms with Gasteiger partial charge in [0.15, 0.2) is 0 Å². The van der Waals surface area contributed by atoms with Crippen LogP contribution in [0.2, 0.25) is 5.02 Å². The van der Waals surface area contributed by atoms with Crippen LogP contribution in [0.4, 0.5) is 4.39 Å². The Balaban J connectivity index is 2.78. The highest BCUT2D eigenvalue weighted by Gasteiger charge is 2.34. The minimum atomic E-state index is -0.901. The molecule has 96 valence electrons. The molecular weight excluding hydrogens is 241 g/mol. The highest BCUT2D eigenvalue weighted by Crippen LogP contribution is 2.23. The summed E-state index contributed by atoms with van der Waals surface area (Å²) < 4.78 is 13.6. The van der Waals surface area contributed by atoms with Crippen molar-refractivity contribution in [3.63, 3.8) is 0 Å². The molecule has 4 heteroatoms. The zero-order chi connectivity index (χ0) is 13.3. The lowest BCUT2D eigenvalue weighted by molar-refractivity contribution is -0.00543. The molecule has 0 aliphatic rings. The normalized spacial score (nSPS) is 12.9. The average molecular weight is 260 g/mol. The summed E-state index contributed by atoms with van der Waals surface area (Å²) >= 11 is 5.70. The monoisotopic (exact) mass is 259 g/mol. The molecule has 0 spiro atoms. The van der Waals surface area contributed by atoms with Crippen LogP contribution in [0.15, 0.2) is 18.2 Å². The van der Waals surface area contributed by atoms with E-state index in [1.807, 2.05) is 13.8 Å². The summed E-state index contributed by atoms with van der Waals surface area (Å²) in [4.78, 5) is 0. The van der Waals surface area contributed by atoms with E-state index in [-0.39, 0.29) is 5.02 Å². The first kappa shape index (κ1) is 14.4. The molecule has 1 rings (SSSR count). The van der Waals surface area contributed by atoms with Crippen LogP contribution >= 0.6 is 11.6 Å². The molecule has 0 aromatic heterocycles. The quantitative estimate of drug-likeness (QED) is 0.871. The lowest BCUT2D eigenvalue weighted by Crippen LogP contribution is -2.55. The van der Waals surface area contributed by atoms with Gasteiger partial charge in [-0.05, 0) is 33.8 Å². The average Bonchev–Trinajstić information content (AvgIpc) is 2.18. The molecular formula is C13H19ClFNO. The summed E-state index contributed by atoms with van der Waals surface area (Å²) in [5.74, 6) is -0.409. The predicted octanol–water partition coefficient (Wildman–Crippen LogP) is 3.12. The Hall–Kier alpha value is -0.640. The maximum absolute atomic E-state index is 13.6. The summed E-state index contributed by atoms with van der Waals surface area (Å²) in [6.45, 7) is 7.50. The molecule has 0 unspecified atom stereocenters. The fourth-order valence-corrected chi connectivity index (χ4v) is 1.41. The fourth-order valence-electron chi connectivity index (χ4n) is 1.22. The fraction of sp³-hybridized carbons (Fsp3) is 0.538. The molecule has 0 saturated heterocycles. The van der Waals surface area contributed by atoms with E-state index in [2.05, 4.69) is 5.32 Å². The lowest BCUT2D eigenvalue weighted by Gasteiger charge is -2.38. The van der Waals surface area contributed by atoms with Crippen LogP contribution in [0, 0.1) is 5.82 Å². The first-order valence-electron chi connectivity index (χ1n) is 5.55. The van der Waals surface area contributed by atoms with Gasteiger partial charge in [-0.1, -0.05) is 23.7 Å². The van der Waals surface area contributed by atoms with Gasteiger partial charge in [0, 0.05) is 17.6 Å². The van der Waals surface area contributed by atoms with Crippen molar-refractivity contribution < 1.29 is 9.50 Å². The minimum absolute atomic E-state index is 0.116. The van der Waals surface area contributed by atoms with E-state index < -0.39 is 17.0 Å². The zero-order valence-electron chi connectivity index (χ0n) is 10.6. The summed E-state index contributed by atoms with van der Waals surface area (Å²) in [5.41, 5.74) is -0.932. The van der Waals surface area contributed by atoms with Crippen molar-refractivity contribution >= 4 is 11.6 Å². The van der Waals surface area contributed by atoms with Crippen LogP contribution in [-0.4, -0.2) is 16.2 Å². The van der Waals surface area contributed by atoms with Gasteiger partial charge in [0.05, 0.1) is 10.6 Å². The molecule has 0 aliphatic heterocycles. The zero-order valence-corrected chi connectivity index (χ0v) is 11.4. The number of nitrogens with one attached hydrogen (secondary N) is 1. The van der Waals surface area contributed by atoms with Crippen molar-refractivity contribution in [3.05, 3.63) is 34.6 Å². The Labute approximate surface area is 107 Å². The summed E-state index contributed by atoms with van der Waals surface area (Å²) in [5, 5.41) is 13.2. The second-order valence-corrected chi connectivity index (χ2v) is 5.66. The van der Waals surface area contributed by atoms with E-state index in [4.69, 9.17) is 11.6 Å². The lowest BCUT2D eigenvalue weighted by atomic mass is 9.86. The highest BCUT2D eigenvalue weighted by molar-refractivity contribution is 6.30. The number of halogens is 2. The van der Waals surface area contributed by atoms with Gasteiger partial charge < -0.3 is 10.4 Å². The van der Waals surface area contributed by atoms with Gasteiger partial charge in [-0.15, -0.1) is 0 Å². The molecule has 0 atom stereocenters. The Bertz CT molecular complexity index is 399. The largest absolute Gasteiger partial charge is 0.389 e. The van der Waals surface area contributed by atoms with Crippen molar-refractivity contribution in [3.8, 4) is 0 Å². The Morgan fingerprint density at radius 3 is 2.41 bits per heavy atom. The van der Waals surface area contributed by atoms with Gasteiger partial charge in [0.1, 0.15) is 5.82 Å². The van der Waals surface area contributed by atoms with Crippen molar-refractivity contribution in [1.29, 1.82) is 0 Å². The van der Waals surface area contributed by atoms with Crippen molar-refractivity contribution in [2.75, 3.05) is 0 Å². The first-order valence-corrected chi connectivity index (χ1v) is 5.93. The number of hydrogen-bond acceptors (Lipinski definition) is 2. The molecule has 0 aliphatic carbocycles. The van der Waals surface area contributed by atoms with E-state index in [1.165, 1.54) is 6.07 Å². The molecule has 2 nitrogen and oxygen atoms in total. The molecule has 0 fully saturated rings. The summed E-state index contributed by atoms with van der Waals surface area (Å²) in [7, 11) is 0. The van der Waals surface area contributed by atoms with Crippen LogP contribution in [0.5, 0.6) is 0 Å². The molecule has 17 heavy (non-hydrogen) atoms. The van der Waals surface area contributed by atoms with Crippen LogP contribution < -0.4 is 5.32 Å². The molecule has 0 saturated carbocycles. The molecule has 1 aromatic rings. The third kappa shape index (κ3) is 3.41. The highest BCUT2D eigenvalue weighted by atomic mass is 35.5. The predicted molar refractivity (Wildman–Crippen MR) is 68.6 cm³/mol. The number of benzene rings is 1. The minimum Gasteiger partial charge on any atom is -0.389 e. The van der Waals surface area contributed by atoms with Gasteiger partial charge in [0.25, 0.3) is 0 Å². The van der Waals surface area contributed by atoms with Gasteiger partial charge in [0.2, 0.25) is 0 Å². The van der Waals surface area contributed by atoms with E-state index in [9.17, 15) is 9.50 Å². The number of rotatable bonds is 4. The summed E-state index contributed by atoms with van der Waals surface area (Å²) in [6.07, 6.45) is 0. The van der Waals surface area contributed by atoms with Crippen LogP contribution in [0.3, 0.4) is 0 Å². The molecule has 0 radical (unpaired) electrons. The second kappa shape index (κ2) is 4.92. The Kier molecular flexibility index (Phi) is 4.18. The third-order valence-corrected chi connectivity index (χ3v) is 3.57. The molecule has 0 bridgehead atoms. The Morgan fingerprint density at radius 2 is 1.88 bits per heavy atom. The van der Waals surface area contributed by atoms with Crippen molar-refractivity contribution in [1.82, 2.24) is 5.32 Å². The second-order valence-electron chi connectivity index (χ2n) is 5.25. The third-order valence-electron chi connectivity index (χ3n) is 3.28. The van der Waals surface area contributed by atoms with E-state index in [0.29, 0.717) is 12.1 Å². The molecule has 1 aromatic carbocycles. The summed E-state index contributed by atoms with van der Waals surface area (Å²) in [6, 6.07) is 4.90. The maximum atomic E-state index is 13.6. The Morgan fingerprint density at radius 1 is 1.29 bits per heavy atom. The maximum Gasteiger partial charge on any atom is 0.146 e. The topological polar surface area (TPSA) is 32.3 Å². The van der Waals surface area contributed by atoms with Gasteiger partial charge >= 0.3 is 0 Å². The molecule has 0 heterocycles. The van der Waals surface area contributed by atoms with Gasteiger partial charge in [-0.3, -0.25) is 0 Å². The molecule has 2 N–H and O–H groups in total.